The van der Waals surface area contributed by atoms with Crippen molar-refractivity contribution in [3.05, 3.63) is 59.6 Å². The lowest BCUT2D eigenvalue weighted by atomic mass is 10.2. The molecule has 3 rings (SSSR count). The van der Waals surface area contributed by atoms with Gasteiger partial charge in [-0.05, 0) is 112 Å². The molecule has 1 aliphatic heterocycles. The quantitative estimate of drug-likeness (QED) is 0.291. The van der Waals surface area contributed by atoms with E-state index in [-0.39, 0.29) is 11.7 Å². The Morgan fingerprint density at radius 2 is 1.86 bits per heavy atom. The molecule has 0 radical (unpaired) electrons. The van der Waals surface area contributed by atoms with Crippen LogP contribution in [0.15, 0.2) is 46.3 Å². The highest BCUT2D eigenvalue weighted by Crippen LogP contribution is 2.35. The molecule has 2 aromatic carbocycles. The number of halogens is 2. The van der Waals surface area contributed by atoms with Gasteiger partial charge < -0.3 is 9.84 Å². The third kappa shape index (κ3) is 4.94. The molecule has 2 aromatic rings. The second-order valence-electron chi connectivity index (χ2n) is 5.93. The van der Waals surface area contributed by atoms with Gasteiger partial charge in [-0.3, -0.25) is 9.69 Å². The highest BCUT2D eigenvalue weighted by atomic mass is 127. The highest BCUT2D eigenvalue weighted by Gasteiger charge is 2.32. The lowest BCUT2D eigenvalue weighted by molar-refractivity contribution is -0.122. The summed E-state index contributed by atoms with van der Waals surface area (Å²) in [6, 6.07) is 10.4. The fourth-order valence-corrected chi connectivity index (χ4v) is 5.47. The van der Waals surface area contributed by atoms with E-state index in [1.54, 1.807) is 29.2 Å². The van der Waals surface area contributed by atoms with Crippen LogP contribution < -0.4 is 0 Å². The molecule has 1 saturated heterocycles. The minimum Gasteiger partial charge on any atom is -0.506 e. The highest BCUT2D eigenvalue weighted by molar-refractivity contribution is 14.1. The summed E-state index contributed by atoms with van der Waals surface area (Å²) in [7, 11) is 1.33. The number of benzene rings is 2. The Balaban J connectivity index is 1.91. The molecule has 1 heterocycles. The third-order valence-corrected chi connectivity index (χ3v) is 6.71. The minimum absolute atomic E-state index is 0.111. The number of hydrogen-bond acceptors (Lipinski definition) is 6. The number of carbonyl (C=O) groups is 2. The number of rotatable bonds is 4. The molecule has 29 heavy (non-hydrogen) atoms. The van der Waals surface area contributed by atoms with Crippen molar-refractivity contribution in [2.75, 3.05) is 13.7 Å². The molecule has 0 spiro atoms. The summed E-state index contributed by atoms with van der Waals surface area (Å²) in [5, 5.41) is 10.5. The van der Waals surface area contributed by atoms with Gasteiger partial charge in [-0.25, -0.2) is 9.79 Å². The summed E-state index contributed by atoms with van der Waals surface area (Å²) >= 11 is 5.43. The van der Waals surface area contributed by atoms with E-state index in [0.717, 1.165) is 12.7 Å². The van der Waals surface area contributed by atoms with Gasteiger partial charge in [-0.15, -0.1) is 0 Å². The van der Waals surface area contributed by atoms with Crippen LogP contribution in [0, 0.1) is 7.14 Å². The van der Waals surface area contributed by atoms with Gasteiger partial charge in [-0.1, -0.05) is 0 Å². The van der Waals surface area contributed by atoms with E-state index in [1.807, 2.05) is 25.1 Å². The number of ether oxygens (including phenoxy) is 1. The first-order valence-corrected chi connectivity index (χ1v) is 11.5. The zero-order valence-electron chi connectivity index (χ0n) is 15.5. The van der Waals surface area contributed by atoms with Crippen molar-refractivity contribution in [1.82, 2.24) is 4.90 Å². The molecule has 1 N–H and O–H groups in total. The Morgan fingerprint density at radius 1 is 1.24 bits per heavy atom. The Kier molecular flexibility index (Phi) is 7.22. The maximum absolute atomic E-state index is 12.8. The molecule has 1 fully saturated rings. The van der Waals surface area contributed by atoms with Crippen LogP contribution in [0.5, 0.6) is 5.75 Å². The van der Waals surface area contributed by atoms with Crippen molar-refractivity contribution in [2.24, 2.45) is 4.99 Å². The van der Waals surface area contributed by atoms with E-state index >= 15 is 0 Å². The number of amidine groups is 1. The molecular formula is C20H16I2N2O4S. The number of aromatic hydroxyl groups is 1. The molecule has 150 valence electrons. The predicted molar refractivity (Wildman–Crippen MR) is 131 cm³/mol. The number of amides is 1. The van der Waals surface area contributed by atoms with Crippen LogP contribution >= 0.6 is 56.9 Å². The van der Waals surface area contributed by atoms with Crippen LogP contribution in [-0.4, -0.2) is 40.7 Å². The van der Waals surface area contributed by atoms with E-state index in [2.05, 4.69) is 50.2 Å². The Hall–Kier alpha value is -1.60. The number of likely N-dealkylation sites (N-methyl/N-ethyl adjacent to an activating group) is 1. The number of hydrogen-bond donors (Lipinski definition) is 1. The largest absolute Gasteiger partial charge is 0.506 e. The van der Waals surface area contributed by atoms with Crippen LogP contribution in [-0.2, 0) is 9.53 Å². The van der Waals surface area contributed by atoms with Crippen LogP contribution in [0.4, 0.5) is 5.69 Å². The summed E-state index contributed by atoms with van der Waals surface area (Å²) in [5.74, 6) is -0.277. The summed E-state index contributed by atoms with van der Waals surface area (Å²) in [6.45, 7) is 2.39. The molecular weight excluding hydrogens is 618 g/mol. The Morgan fingerprint density at radius 3 is 2.41 bits per heavy atom. The standard InChI is InChI=1S/C20H16I2N2O4S/c1-3-24-18(26)16(10-11-8-14(21)17(25)15(22)9-11)29-20(24)23-13-6-4-12(5-7-13)19(27)28-2/h4-10,25H,3H2,1-2H3/b16-10+,23-20?. The first kappa shape index (κ1) is 22.1. The molecule has 0 unspecified atom stereocenters. The van der Waals surface area contributed by atoms with Gasteiger partial charge in [-0.2, -0.15) is 0 Å². The fraction of sp³-hybridized carbons (Fsp3) is 0.150. The molecule has 0 atom stereocenters. The summed E-state index contributed by atoms with van der Waals surface area (Å²) < 4.78 is 6.15. The average molecular weight is 634 g/mol. The van der Waals surface area contributed by atoms with Crippen molar-refractivity contribution in [2.45, 2.75) is 6.92 Å². The number of phenolic OH excluding ortho intramolecular Hbond substituents is 1. The number of aliphatic imine (C=N–C) groups is 1. The Labute approximate surface area is 199 Å². The fourth-order valence-electron chi connectivity index (χ4n) is 2.59. The zero-order chi connectivity index (χ0) is 21.1. The maximum Gasteiger partial charge on any atom is 0.337 e. The van der Waals surface area contributed by atoms with Crippen molar-refractivity contribution >= 4 is 85.8 Å². The molecule has 0 aliphatic carbocycles. The van der Waals surface area contributed by atoms with Crippen LogP contribution in [0.3, 0.4) is 0 Å². The van der Waals surface area contributed by atoms with Crippen LogP contribution in [0.2, 0.25) is 0 Å². The van der Waals surface area contributed by atoms with Gasteiger partial charge in [0, 0.05) is 6.54 Å². The van der Waals surface area contributed by atoms with Gasteiger partial charge in [0.15, 0.2) is 5.17 Å². The first-order valence-electron chi connectivity index (χ1n) is 8.50. The first-order chi connectivity index (χ1) is 13.8. The van der Waals surface area contributed by atoms with E-state index in [1.165, 1.54) is 18.9 Å². The summed E-state index contributed by atoms with van der Waals surface area (Å²) in [5.41, 5.74) is 1.92. The third-order valence-electron chi connectivity index (χ3n) is 4.05. The molecule has 6 nitrogen and oxygen atoms in total. The molecule has 0 saturated carbocycles. The maximum atomic E-state index is 12.8. The van der Waals surface area contributed by atoms with Crippen molar-refractivity contribution < 1.29 is 19.4 Å². The molecule has 1 aliphatic rings. The predicted octanol–water partition coefficient (Wildman–Crippen LogP) is 5.01. The monoisotopic (exact) mass is 634 g/mol. The lowest BCUT2D eigenvalue weighted by Crippen LogP contribution is -2.28. The second-order valence-corrected chi connectivity index (χ2v) is 9.26. The smallest absolute Gasteiger partial charge is 0.337 e. The van der Waals surface area contributed by atoms with Crippen molar-refractivity contribution in [3.63, 3.8) is 0 Å². The molecule has 0 bridgehead atoms. The Bertz CT molecular complexity index is 1010. The van der Waals surface area contributed by atoms with Crippen LogP contribution in [0.25, 0.3) is 6.08 Å². The van der Waals surface area contributed by atoms with E-state index in [9.17, 15) is 14.7 Å². The zero-order valence-corrected chi connectivity index (χ0v) is 20.6. The van der Waals surface area contributed by atoms with Gasteiger partial charge in [0.2, 0.25) is 0 Å². The van der Waals surface area contributed by atoms with E-state index in [0.29, 0.717) is 27.9 Å². The summed E-state index contributed by atoms with van der Waals surface area (Å²) in [6.07, 6.45) is 1.81. The normalized spacial score (nSPS) is 16.7. The van der Waals surface area contributed by atoms with Crippen molar-refractivity contribution in [1.29, 1.82) is 0 Å². The second kappa shape index (κ2) is 9.47. The van der Waals surface area contributed by atoms with Crippen molar-refractivity contribution in [3.8, 4) is 5.75 Å². The number of thioether (sulfide) groups is 1. The summed E-state index contributed by atoms with van der Waals surface area (Å²) in [4.78, 5) is 31.1. The lowest BCUT2D eigenvalue weighted by Gasteiger charge is -2.12. The van der Waals surface area contributed by atoms with E-state index < -0.39 is 5.97 Å². The number of esters is 1. The number of nitrogens with zero attached hydrogens (tertiary/aromatic N) is 2. The van der Waals surface area contributed by atoms with E-state index in [4.69, 9.17) is 4.74 Å². The van der Waals surface area contributed by atoms with Gasteiger partial charge in [0.1, 0.15) is 5.75 Å². The SMILES string of the molecule is CCN1C(=O)/C(=C\c2cc(I)c(O)c(I)c2)SC1=Nc1ccc(C(=O)OC)cc1. The molecule has 1 amide bonds. The average Bonchev–Trinajstić information content (AvgIpc) is 3.00. The van der Waals surface area contributed by atoms with Gasteiger partial charge in [0.05, 0.1) is 30.4 Å². The van der Waals surface area contributed by atoms with Gasteiger partial charge in [0.25, 0.3) is 5.91 Å². The number of carbonyl (C=O) groups excluding carboxylic acids is 2. The number of phenols is 1. The number of methoxy groups -OCH3 is 1. The minimum atomic E-state index is -0.409. The van der Waals surface area contributed by atoms with Gasteiger partial charge >= 0.3 is 5.97 Å². The topological polar surface area (TPSA) is 79.2 Å². The van der Waals surface area contributed by atoms with Crippen LogP contribution in [0.1, 0.15) is 22.8 Å². The molecule has 0 aromatic heterocycles. The molecule has 9 heteroatoms.